The average molecular weight is 873 g/mol. The van der Waals surface area contributed by atoms with Crippen LogP contribution in [0.25, 0.3) is 0 Å². The number of methoxy groups -OCH3 is 2. The largest absolute Gasteiger partial charge is 0.494 e. The first kappa shape index (κ1) is 47.7. The standard InChI is InChI=1S/C48H56N8O8/c1-5-7-8-9-10-11-12-13-14-33-25-36(49)30-39(26-33)50-47(57)34-27-35(48(58)59)29-42(28-34)64-24-23-55(6-2)40-19-15-37(16-20-40)51-53-43-31-46(63-4)44(32-45(43)62-3)54-52-38-17-21-41(22-18-38)56(60)61/h15-22,25-32H,5-14,23-24,49H2,1-4H3,(H,50,57)(H,58,59)/b53-51+,54-52+. The third-order valence-corrected chi connectivity index (χ3v) is 10.3. The van der Waals surface area contributed by atoms with Gasteiger partial charge in [-0.3, -0.25) is 14.9 Å². The summed E-state index contributed by atoms with van der Waals surface area (Å²) in [6, 6.07) is 26.2. The second kappa shape index (κ2) is 24.3. The van der Waals surface area contributed by atoms with Crippen LogP contribution in [0, 0.1) is 10.1 Å². The number of unbranched alkanes of at least 4 members (excludes halogenated alkanes) is 7. The van der Waals surface area contributed by atoms with E-state index in [-0.39, 0.29) is 29.2 Å². The third kappa shape index (κ3) is 14.4. The highest BCUT2D eigenvalue weighted by Crippen LogP contribution is 2.41. The van der Waals surface area contributed by atoms with Gasteiger partial charge in [0, 0.05) is 53.4 Å². The van der Waals surface area contributed by atoms with E-state index in [0.717, 1.165) is 30.5 Å². The Kier molecular flexibility index (Phi) is 18.1. The molecule has 0 saturated carbocycles. The minimum atomic E-state index is -1.18. The first-order chi connectivity index (χ1) is 31.0. The Hall–Kier alpha value is -7.36. The van der Waals surface area contributed by atoms with Crippen molar-refractivity contribution in [2.75, 3.05) is 49.9 Å². The number of carboxylic acids is 1. The molecule has 0 saturated heterocycles. The number of non-ortho nitro benzene ring substituents is 1. The zero-order valence-corrected chi connectivity index (χ0v) is 36.8. The number of carbonyl (C=O) groups excluding carboxylic acids is 1. The molecule has 4 N–H and O–H groups in total. The molecule has 16 nitrogen and oxygen atoms in total. The molecule has 1 amide bonds. The number of benzene rings is 5. The van der Waals surface area contributed by atoms with Crippen LogP contribution in [0.1, 0.15) is 91.5 Å². The zero-order chi connectivity index (χ0) is 45.8. The van der Waals surface area contributed by atoms with E-state index in [4.69, 9.17) is 19.9 Å². The molecule has 0 unspecified atom stereocenters. The van der Waals surface area contributed by atoms with Crippen LogP contribution in [0.5, 0.6) is 17.2 Å². The number of nitrogens with one attached hydrogen (secondary N) is 1. The smallest absolute Gasteiger partial charge is 0.335 e. The van der Waals surface area contributed by atoms with Crippen LogP contribution >= 0.6 is 0 Å². The van der Waals surface area contributed by atoms with Crippen molar-refractivity contribution in [3.8, 4) is 17.2 Å². The highest BCUT2D eigenvalue weighted by atomic mass is 16.6. The minimum absolute atomic E-state index is 0.0514. The Morgan fingerprint density at radius 2 is 1.31 bits per heavy atom. The van der Waals surface area contributed by atoms with E-state index in [1.54, 1.807) is 18.2 Å². The number of rotatable bonds is 25. The average Bonchev–Trinajstić information content (AvgIpc) is 3.29. The number of aryl methyl sites for hydroxylation is 1. The molecule has 5 aromatic rings. The number of likely N-dealkylation sites (N-methyl/N-ethyl adjacent to an activating group) is 1. The molecule has 0 bridgehead atoms. The van der Waals surface area contributed by atoms with E-state index < -0.39 is 16.8 Å². The summed E-state index contributed by atoms with van der Waals surface area (Å²) in [4.78, 5) is 38.1. The number of nitro benzene ring substituents is 1. The molecule has 0 radical (unpaired) electrons. The molecule has 0 spiro atoms. The summed E-state index contributed by atoms with van der Waals surface area (Å²) in [6.07, 6.45) is 10.6. The van der Waals surface area contributed by atoms with Gasteiger partial charge in [0.1, 0.15) is 35.2 Å². The Morgan fingerprint density at radius 1 is 0.734 bits per heavy atom. The van der Waals surface area contributed by atoms with E-state index in [1.807, 2.05) is 43.3 Å². The minimum Gasteiger partial charge on any atom is -0.494 e. The molecule has 336 valence electrons. The number of aromatic carboxylic acids is 1. The summed E-state index contributed by atoms with van der Waals surface area (Å²) in [5.41, 5.74) is 11.0. The Balaban J connectivity index is 1.18. The van der Waals surface area contributed by atoms with Crippen molar-refractivity contribution >= 4 is 57.4 Å². The lowest BCUT2D eigenvalue weighted by Crippen LogP contribution is -2.28. The topological polar surface area (TPSA) is 216 Å². The number of carbonyl (C=O) groups is 2. The lowest BCUT2D eigenvalue weighted by Gasteiger charge is -2.23. The van der Waals surface area contributed by atoms with Crippen molar-refractivity contribution in [1.29, 1.82) is 0 Å². The van der Waals surface area contributed by atoms with Crippen LogP contribution in [0.2, 0.25) is 0 Å². The molecular weight excluding hydrogens is 817 g/mol. The number of azo groups is 2. The maximum Gasteiger partial charge on any atom is 0.335 e. The fourth-order valence-electron chi connectivity index (χ4n) is 6.90. The van der Waals surface area contributed by atoms with Gasteiger partial charge >= 0.3 is 5.97 Å². The molecule has 5 rings (SSSR count). The number of nitrogens with zero attached hydrogens (tertiary/aromatic N) is 6. The fraction of sp³-hybridized carbons (Fsp3) is 0.333. The van der Waals surface area contributed by atoms with Crippen LogP contribution in [0.15, 0.2) is 118 Å². The lowest BCUT2D eigenvalue weighted by molar-refractivity contribution is -0.384. The predicted molar refractivity (Wildman–Crippen MR) is 249 cm³/mol. The molecule has 0 atom stereocenters. The number of nitrogens with two attached hydrogens (primary N) is 1. The van der Waals surface area contributed by atoms with Gasteiger partial charge in [-0.15, -0.1) is 10.2 Å². The number of carboxylic acid groups (broad SMARTS) is 1. The number of hydrogen-bond donors (Lipinski definition) is 3. The molecule has 0 aliphatic carbocycles. The highest BCUT2D eigenvalue weighted by molar-refractivity contribution is 6.06. The normalized spacial score (nSPS) is 11.2. The monoisotopic (exact) mass is 872 g/mol. The van der Waals surface area contributed by atoms with Crippen LogP contribution < -0.4 is 30.2 Å². The first-order valence-corrected chi connectivity index (χ1v) is 21.4. The second-order valence-electron chi connectivity index (χ2n) is 15.0. The molecule has 64 heavy (non-hydrogen) atoms. The molecule has 0 aromatic heterocycles. The van der Waals surface area contributed by atoms with Crippen molar-refractivity contribution in [1.82, 2.24) is 0 Å². The van der Waals surface area contributed by atoms with Crippen LogP contribution in [0.4, 0.5) is 45.5 Å². The SMILES string of the molecule is CCCCCCCCCCc1cc(N)cc(NC(=O)c2cc(OCCN(CC)c3ccc(/N=N/c4cc(OC)c(/N=N/c5ccc([N+](=O)[O-])cc5)cc4OC)cc3)cc(C(=O)O)c2)c1. The quantitative estimate of drug-likeness (QED) is 0.0166. The number of nitro groups is 1. The van der Waals surface area contributed by atoms with Crippen LogP contribution in [-0.4, -0.2) is 55.8 Å². The van der Waals surface area contributed by atoms with Crippen molar-refractivity contribution in [3.63, 3.8) is 0 Å². The Morgan fingerprint density at radius 3 is 1.88 bits per heavy atom. The van der Waals surface area contributed by atoms with E-state index in [0.29, 0.717) is 58.7 Å². The molecule has 5 aromatic carbocycles. The highest BCUT2D eigenvalue weighted by Gasteiger charge is 2.16. The molecule has 0 aliphatic heterocycles. The maximum atomic E-state index is 13.4. The van der Waals surface area contributed by atoms with Gasteiger partial charge in [-0.1, -0.05) is 51.9 Å². The lowest BCUT2D eigenvalue weighted by atomic mass is 10.0. The van der Waals surface area contributed by atoms with Crippen molar-refractivity contribution in [2.45, 2.75) is 71.6 Å². The summed E-state index contributed by atoms with van der Waals surface area (Å²) in [5, 5.41) is 40.9. The molecule has 0 fully saturated rings. The summed E-state index contributed by atoms with van der Waals surface area (Å²) in [6.45, 7) is 5.55. The first-order valence-electron chi connectivity index (χ1n) is 21.4. The van der Waals surface area contributed by atoms with Gasteiger partial charge in [-0.25, -0.2) is 4.79 Å². The molecule has 16 heteroatoms. The van der Waals surface area contributed by atoms with E-state index in [2.05, 4.69) is 37.6 Å². The summed E-state index contributed by atoms with van der Waals surface area (Å²) < 4.78 is 17.1. The third-order valence-electron chi connectivity index (χ3n) is 10.3. The van der Waals surface area contributed by atoms with Gasteiger partial charge in [0.25, 0.3) is 11.6 Å². The molecule has 0 aliphatic rings. The van der Waals surface area contributed by atoms with Gasteiger partial charge in [-0.2, -0.15) is 10.2 Å². The number of ether oxygens (including phenoxy) is 3. The van der Waals surface area contributed by atoms with E-state index in [9.17, 15) is 24.8 Å². The van der Waals surface area contributed by atoms with Crippen LogP contribution in [0.3, 0.4) is 0 Å². The van der Waals surface area contributed by atoms with Gasteiger partial charge in [0.15, 0.2) is 0 Å². The van der Waals surface area contributed by atoms with Gasteiger partial charge in [0.05, 0.1) is 42.6 Å². The summed E-state index contributed by atoms with van der Waals surface area (Å²) in [5.74, 6) is -0.658. The fourth-order valence-corrected chi connectivity index (χ4v) is 6.90. The van der Waals surface area contributed by atoms with Gasteiger partial charge in [-0.05, 0) is 98.1 Å². The number of hydrogen-bond acceptors (Lipinski definition) is 13. The van der Waals surface area contributed by atoms with Crippen LogP contribution in [-0.2, 0) is 6.42 Å². The van der Waals surface area contributed by atoms with Crippen molar-refractivity contribution < 1.29 is 33.8 Å². The van der Waals surface area contributed by atoms with Crippen molar-refractivity contribution in [2.24, 2.45) is 20.5 Å². The number of nitrogen functional groups attached to an aromatic ring is 1. The Labute approximate surface area is 373 Å². The number of anilines is 3. The predicted octanol–water partition coefficient (Wildman–Crippen LogP) is 12.6. The van der Waals surface area contributed by atoms with Gasteiger partial charge in [0.2, 0.25) is 0 Å². The maximum absolute atomic E-state index is 13.4. The summed E-state index contributed by atoms with van der Waals surface area (Å²) in [7, 11) is 2.97. The van der Waals surface area contributed by atoms with Gasteiger partial charge < -0.3 is 35.3 Å². The van der Waals surface area contributed by atoms with E-state index >= 15 is 0 Å². The molecular formula is C48H56N8O8. The number of amides is 1. The second-order valence-corrected chi connectivity index (χ2v) is 15.0. The van der Waals surface area contributed by atoms with Crippen molar-refractivity contribution in [3.05, 3.63) is 124 Å². The summed E-state index contributed by atoms with van der Waals surface area (Å²) >= 11 is 0. The van der Waals surface area contributed by atoms with E-state index in [1.165, 1.54) is 95.2 Å². The molecule has 0 heterocycles. The zero-order valence-electron chi connectivity index (χ0n) is 36.8. The Bertz CT molecular complexity index is 2410.